The summed E-state index contributed by atoms with van der Waals surface area (Å²) in [5, 5.41) is 9.82. The van der Waals surface area contributed by atoms with E-state index >= 15 is 0 Å². The first-order valence-corrected chi connectivity index (χ1v) is 6.87. The Hall–Kier alpha value is -1.94. The topological polar surface area (TPSA) is 23.5 Å². The molecule has 112 valence electrons. The fourth-order valence-electron chi connectivity index (χ4n) is 2.46. The average molecular weight is 291 g/mol. The molecule has 2 rings (SSSR count). The quantitative estimate of drug-likeness (QED) is 0.912. The Morgan fingerprint density at radius 3 is 2.10 bits per heavy atom. The van der Waals surface area contributed by atoms with Crippen LogP contribution in [-0.4, -0.2) is 12.2 Å². The molecular weight excluding hydrogens is 272 g/mol. The summed E-state index contributed by atoms with van der Waals surface area (Å²) >= 11 is 0. The van der Waals surface area contributed by atoms with E-state index in [4.69, 9.17) is 0 Å². The lowest BCUT2D eigenvalue weighted by Crippen LogP contribution is -2.25. The maximum absolute atomic E-state index is 14.2. The third-order valence-corrected chi connectivity index (χ3v) is 3.76. The number of aliphatic hydroxyl groups is 1. The second-order valence-electron chi connectivity index (χ2n) is 5.16. The Morgan fingerprint density at radius 1 is 0.905 bits per heavy atom. The molecule has 0 fully saturated rings. The monoisotopic (exact) mass is 291 g/mol. The highest BCUT2D eigenvalue weighted by molar-refractivity contribution is 5.56. The smallest absolute Gasteiger partial charge is 0.146 e. The largest absolute Gasteiger partial charge is 0.389 e. The Kier molecular flexibility index (Phi) is 4.58. The molecule has 0 heterocycles. The van der Waals surface area contributed by atoms with Crippen LogP contribution in [0.25, 0.3) is 0 Å². The third-order valence-electron chi connectivity index (χ3n) is 3.76. The second kappa shape index (κ2) is 6.22. The molecule has 0 amide bonds. The number of rotatable bonds is 4. The summed E-state index contributed by atoms with van der Waals surface area (Å²) in [6, 6.07) is 10.6. The van der Waals surface area contributed by atoms with Crippen molar-refractivity contribution < 1.29 is 13.9 Å². The molecule has 1 N–H and O–H groups in total. The van der Waals surface area contributed by atoms with E-state index in [1.54, 1.807) is 56.1 Å². The molecule has 2 atom stereocenters. The van der Waals surface area contributed by atoms with Gasteiger partial charge in [0, 0.05) is 18.2 Å². The molecular formula is C17H19F2NO. The van der Waals surface area contributed by atoms with Gasteiger partial charge in [0.15, 0.2) is 0 Å². The van der Waals surface area contributed by atoms with Crippen molar-refractivity contribution in [2.45, 2.75) is 26.0 Å². The Morgan fingerprint density at radius 2 is 1.48 bits per heavy atom. The minimum absolute atomic E-state index is 0.295. The Bertz CT molecular complexity index is 628. The van der Waals surface area contributed by atoms with E-state index in [2.05, 4.69) is 0 Å². The summed E-state index contributed by atoms with van der Waals surface area (Å²) in [4.78, 5) is 1.65. The average Bonchev–Trinajstić information content (AvgIpc) is 2.46. The van der Waals surface area contributed by atoms with Crippen LogP contribution in [0.5, 0.6) is 0 Å². The first-order valence-electron chi connectivity index (χ1n) is 6.87. The van der Waals surface area contributed by atoms with Gasteiger partial charge in [-0.25, -0.2) is 8.78 Å². The summed E-state index contributed by atoms with van der Waals surface area (Å²) in [5.41, 5.74) is 1.27. The van der Waals surface area contributed by atoms with E-state index in [1.807, 2.05) is 0 Å². The van der Waals surface area contributed by atoms with Gasteiger partial charge in [-0.15, -0.1) is 0 Å². The molecule has 2 nitrogen and oxygen atoms in total. The molecule has 1 unspecified atom stereocenters. The molecule has 0 saturated heterocycles. The van der Waals surface area contributed by atoms with Crippen LogP contribution in [0.3, 0.4) is 0 Å². The van der Waals surface area contributed by atoms with Crippen LogP contribution in [-0.2, 0) is 0 Å². The van der Waals surface area contributed by atoms with Gasteiger partial charge in [-0.1, -0.05) is 30.3 Å². The van der Waals surface area contributed by atoms with Crippen molar-refractivity contribution in [3.63, 3.8) is 0 Å². The van der Waals surface area contributed by atoms with Crippen molar-refractivity contribution in [1.82, 2.24) is 0 Å². The van der Waals surface area contributed by atoms with Crippen LogP contribution < -0.4 is 4.90 Å². The summed E-state index contributed by atoms with van der Waals surface area (Å²) in [6.07, 6.45) is -0.800. The van der Waals surface area contributed by atoms with Crippen LogP contribution in [0.1, 0.15) is 37.1 Å². The van der Waals surface area contributed by atoms with Gasteiger partial charge in [0.2, 0.25) is 0 Å². The number of aliphatic hydroxyl groups excluding tert-OH is 1. The van der Waals surface area contributed by atoms with Crippen LogP contribution >= 0.6 is 0 Å². The van der Waals surface area contributed by atoms with Gasteiger partial charge in [-0.3, -0.25) is 0 Å². The molecule has 21 heavy (non-hydrogen) atoms. The van der Waals surface area contributed by atoms with E-state index < -0.39 is 11.9 Å². The van der Waals surface area contributed by atoms with E-state index in [0.717, 1.165) is 0 Å². The minimum atomic E-state index is -0.800. The molecule has 0 aromatic heterocycles. The van der Waals surface area contributed by atoms with Crippen molar-refractivity contribution in [2.75, 3.05) is 11.9 Å². The summed E-state index contributed by atoms with van der Waals surface area (Å²) < 4.78 is 28.1. The molecule has 0 spiro atoms. The first-order chi connectivity index (χ1) is 9.93. The lowest BCUT2D eigenvalue weighted by atomic mass is 10.0. The highest BCUT2D eigenvalue weighted by Gasteiger charge is 2.22. The molecule has 0 aliphatic rings. The Labute approximate surface area is 123 Å². The summed E-state index contributed by atoms with van der Waals surface area (Å²) in [5.74, 6) is -0.758. The number of anilines is 1. The lowest BCUT2D eigenvalue weighted by molar-refractivity contribution is 0.199. The van der Waals surface area contributed by atoms with E-state index in [9.17, 15) is 13.9 Å². The number of para-hydroxylation sites is 1. The number of nitrogens with zero attached hydrogens (tertiary/aromatic N) is 1. The molecule has 0 aliphatic heterocycles. The standard InChI is InChI=1S/C17H19F2NO/c1-11(13-7-4-5-9-15(13)18)20(3)17-14(12(2)21)8-6-10-16(17)19/h4-12,21H,1-3H3/t11?,12-/m1/s1. The zero-order valence-corrected chi connectivity index (χ0v) is 12.3. The van der Waals surface area contributed by atoms with Gasteiger partial charge in [0.25, 0.3) is 0 Å². The molecule has 0 saturated carbocycles. The molecule has 4 heteroatoms. The van der Waals surface area contributed by atoms with Crippen molar-refractivity contribution in [1.29, 1.82) is 0 Å². The van der Waals surface area contributed by atoms with Crippen molar-refractivity contribution in [2.24, 2.45) is 0 Å². The van der Waals surface area contributed by atoms with Crippen LogP contribution in [0.4, 0.5) is 14.5 Å². The molecule has 0 bridgehead atoms. The van der Waals surface area contributed by atoms with Gasteiger partial charge in [-0.05, 0) is 26.0 Å². The number of halogens is 2. The van der Waals surface area contributed by atoms with Gasteiger partial charge >= 0.3 is 0 Å². The van der Waals surface area contributed by atoms with Gasteiger partial charge in [0.1, 0.15) is 11.6 Å². The zero-order chi connectivity index (χ0) is 15.6. The van der Waals surface area contributed by atoms with Crippen LogP contribution in [0.15, 0.2) is 42.5 Å². The zero-order valence-electron chi connectivity index (χ0n) is 12.3. The molecule has 0 radical (unpaired) electrons. The highest BCUT2D eigenvalue weighted by Crippen LogP contribution is 2.34. The molecule has 0 aliphatic carbocycles. The summed E-state index contributed by atoms with van der Waals surface area (Å²) in [6.45, 7) is 3.39. The second-order valence-corrected chi connectivity index (χ2v) is 5.16. The third kappa shape index (κ3) is 3.05. The Balaban J connectivity index is 2.45. The lowest BCUT2D eigenvalue weighted by Gasteiger charge is -2.30. The van der Waals surface area contributed by atoms with Gasteiger partial charge in [0.05, 0.1) is 17.8 Å². The minimum Gasteiger partial charge on any atom is -0.389 e. The molecule has 2 aromatic rings. The highest BCUT2D eigenvalue weighted by atomic mass is 19.1. The van der Waals surface area contributed by atoms with E-state index in [1.165, 1.54) is 12.1 Å². The van der Waals surface area contributed by atoms with Gasteiger partial charge < -0.3 is 10.0 Å². The fraction of sp³-hybridized carbons (Fsp3) is 0.294. The maximum atomic E-state index is 14.2. The van der Waals surface area contributed by atoms with Gasteiger partial charge in [-0.2, -0.15) is 0 Å². The number of benzene rings is 2. The predicted octanol–water partition coefficient (Wildman–Crippen LogP) is 4.22. The predicted molar refractivity (Wildman–Crippen MR) is 80.3 cm³/mol. The van der Waals surface area contributed by atoms with Crippen LogP contribution in [0.2, 0.25) is 0 Å². The van der Waals surface area contributed by atoms with Crippen molar-refractivity contribution in [3.8, 4) is 0 Å². The number of hydrogen-bond donors (Lipinski definition) is 1. The van der Waals surface area contributed by atoms with Crippen molar-refractivity contribution >= 4 is 5.69 Å². The van der Waals surface area contributed by atoms with Crippen molar-refractivity contribution in [3.05, 3.63) is 65.2 Å². The van der Waals surface area contributed by atoms with Crippen LogP contribution in [0, 0.1) is 11.6 Å². The van der Waals surface area contributed by atoms with E-state index in [0.29, 0.717) is 16.8 Å². The SMILES string of the molecule is CC(c1ccccc1F)N(C)c1c(F)cccc1[C@@H](C)O. The van der Waals surface area contributed by atoms with E-state index in [-0.39, 0.29) is 11.9 Å². The first kappa shape index (κ1) is 15.4. The number of hydrogen-bond acceptors (Lipinski definition) is 2. The normalized spacial score (nSPS) is 13.8. The maximum Gasteiger partial charge on any atom is 0.146 e. The summed E-state index contributed by atoms with van der Waals surface area (Å²) in [7, 11) is 1.70. The molecule has 2 aromatic carbocycles. The fourth-order valence-corrected chi connectivity index (χ4v) is 2.46.